The number of pyridine rings is 1. The summed E-state index contributed by atoms with van der Waals surface area (Å²) in [7, 11) is 0. The lowest BCUT2D eigenvalue weighted by Gasteiger charge is -1.95. The van der Waals surface area contributed by atoms with Crippen LogP contribution in [0.25, 0.3) is 11.3 Å². The van der Waals surface area contributed by atoms with E-state index in [-0.39, 0.29) is 0 Å². The standard InChI is InChI=1S/C17H11ClN2O/c1-12-15(8-7-13-9-10-19-16(18)11-13)17(20-21-12)14-5-3-2-4-6-14/h2-6,9-11H,1H3. The molecule has 1 aromatic carbocycles. The van der Waals surface area contributed by atoms with E-state index in [2.05, 4.69) is 22.0 Å². The molecule has 0 radical (unpaired) electrons. The van der Waals surface area contributed by atoms with Crippen LogP contribution in [0.15, 0.2) is 53.2 Å². The van der Waals surface area contributed by atoms with Crippen molar-refractivity contribution in [1.29, 1.82) is 0 Å². The normalized spacial score (nSPS) is 10.0. The second-order valence-corrected chi connectivity index (χ2v) is 4.83. The fourth-order valence-corrected chi connectivity index (χ4v) is 2.10. The second-order valence-electron chi connectivity index (χ2n) is 4.45. The minimum absolute atomic E-state index is 0.423. The van der Waals surface area contributed by atoms with Crippen LogP contribution < -0.4 is 0 Å². The number of rotatable bonds is 1. The first kappa shape index (κ1) is 13.4. The topological polar surface area (TPSA) is 38.9 Å². The average molecular weight is 295 g/mol. The number of halogens is 1. The van der Waals surface area contributed by atoms with Gasteiger partial charge in [0.25, 0.3) is 0 Å². The van der Waals surface area contributed by atoms with Crippen LogP contribution in [-0.4, -0.2) is 10.1 Å². The van der Waals surface area contributed by atoms with Gasteiger partial charge in [-0.2, -0.15) is 0 Å². The van der Waals surface area contributed by atoms with E-state index in [1.54, 1.807) is 12.3 Å². The Morgan fingerprint density at radius 1 is 1.10 bits per heavy atom. The zero-order valence-electron chi connectivity index (χ0n) is 11.3. The van der Waals surface area contributed by atoms with Gasteiger partial charge in [0.05, 0.1) is 5.56 Å². The molecule has 0 saturated carbocycles. The molecule has 0 atom stereocenters. The van der Waals surface area contributed by atoms with E-state index in [0.717, 1.165) is 22.4 Å². The molecule has 0 aliphatic rings. The molecule has 0 fully saturated rings. The van der Waals surface area contributed by atoms with Gasteiger partial charge in [0, 0.05) is 17.3 Å². The maximum absolute atomic E-state index is 5.85. The van der Waals surface area contributed by atoms with Gasteiger partial charge in [-0.1, -0.05) is 58.9 Å². The highest BCUT2D eigenvalue weighted by Gasteiger charge is 2.12. The Hall–Kier alpha value is -2.57. The van der Waals surface area contributed by atoms with Gasteiger partial charge in [0.2, 0.25) is 0 Å². The molecule has 0 unspecified atom stereocenters. The molecule has 0 amide bonds. The Morgan fingerprint density at radius 2 is 1.90 bits per heavy atom. The fourth-order valence-electron chi connectivity index (χ4n) is 1.93. The molecular weight excluding hydrogens is 284 g/mol. The Labute approximate surface area is 127 Å². The van der Waals surface area contributed by atoms with Crippen LogP contribution in [-0.2, 0) is 0 Å². The van der Waals surface area contributed by atoms with Crippen molar-refractivity contribution in [2.24, 2.45) is 0 Å². The van der Waals surface area contributed by atoms with Crippen molar-refractivity contribution in [2.75, 3.05) is 0 Å². The Kier molecular flexibility index (Phi) is 3.72. The number of benzene rings is 1. The van der Waals surface area contributed by atoms with Crippen molar-refractivity contribution >= 4 is 11.6 Å². The van der Waals surface area contributed by atoms with Crippen molar-refractivity contribution in [2.45, 2.75) is 6.92 Å². The van der Waals surface area contributed by atoms with E-state index in [0.29, 0.717) is 10.9 Å². The number of aromatic nitrogens is 2. The molecule has 2 aromatic heterocycles. The molecule has 0 saturated heterocycles. The largest absolute Gasteiger partial charge is 0.360 e. The number of hydrogen-bond acceptors (Lipinski definition) is 3. The quantitative estimate of drug-likeness (QED) is 0.501. The number of hydrogen-bond donors (Lipinski definition) is 0. The number of nitrogens with zero attached hydrogens (tertiary/aromatic N) is 2. The van der Waals surface area contributed by atoms with Gasteiger partial charge in [-0.25, -0.2) is 4.98 Å². The van der Waals surface area contributed by atoms with E-state index in [4.69, 9.17) is 16.1 Å². The van der Waals surface area contributed by atoms with Gasteiger partial charge in [-0.05, 0) is 19.1 Å². The average Bonchev–Trinajstić information content (AvgIpc) is 2.87. The van der Waals surface area contributed by atoms with Gasteiger partial charge in [0.1, 0.15) is 16.6 Å². The number of aryl methyl sites for hydroxylation is 1. The van der Waals surface area contributed by atoms with Crippen LogP contribution in [0.5, 0.6) is 0 Å². The molecule has 2 heterocycles. The van der Waals surface area contributed by atoms with Crippen LogP contribution in [0, 0.1) is 18.8 Å². The van der Waals surface area contributed by atoms with Gasteiger partial charge < -0.3 is 4.52 Å². The lowest BCUT2D eigenvalue weighted by Crippen LogP contribution is -1.83. The highest BCUT2D eigenvalue weighted by molar-refractivity contribution is 6.29. The maximum atomic E-state index is 5.85. The van der Waals surface area contributed by atoms with E-state index in [9.17, 15) is 0 Å². The maximum Gasteiger partial charge on any atom is 0.149 e. The summed E-state index contributed by atoms with van der Waals surface area (Å²) in [6, 6.07) is 13.4. The SMILES string of the molecule is Cc1onc(-c2ccccc2)c1C#Cc1ccnc(Cl)c1. The monoisotopic (exact) mass is 294 g/mol. The molecule has 3 nitrogen and oxygen atoms in total. The summed E-state index contributed by atoms with van der Waals surface area (Å²) in [5.74, 6) is 6.87. The van der Waals surface area contributed by atoms with E-state index >= 15 is 0 Å². The zero-order valence-corrected chi connectivity index (χ0v) is 12.1. The zero-order chi connectivity index (χ0) is 14.7. The summed E-state index contributed by atoms with van der Waals surface area (Å²) >= 11 is 5.85. The summed E-state index contributed by atoms with van der Waals surface area (Å²) in [6.45, 7) is 1.85. The molecule has 0 aliphatic heterocycles. The summed E-state index contributed by atoms with van der Waals surface area (Å²) in [5.41, 5.74) is 3.32. The third kappa shape index (κ3) is 2.96. The van der Waals surface area contributed by atoms with Crippen LogP contribution in [0.2, 0.25) is 5.15 Å². The van der Waals surface area contributed by atoms with Crippen molar-refractivity contribution in [3.8, 4) is 23.1 Å². The first-order chi connectivity index (χ1) is 10.2. The first-order valence-corrected chi connectivity index (χ1v) is 6.77. The summed E-state index contributed by atoms with van der Waals surface area (Å²) in [6.07, 6.45) is 1.63. The van der Waals surface area contributed by atoms with E-state index in [1.165, 1.54) is 0 Å². The molecule has 3 rings (SSSR count). The second kappa shape index (κ2) is 5.82. The van der Waals surface area contributed by atoms with Crippen LogP contribution in [0.4, 0.5) is 0 Å². The van der Waals surface area contributed by atoms with Gasteiger partial charge >= 0.3 is 0 Å². The van der Waals surface area contributed by atoms with Crippen LogP contribution in [0.3, 0.4) is 0 Å². The molecule has 3 aromatic rings. The molecule has 0 bridgehead atoms. The first-order valence-electron chi connectivity index (χ1n) is 6.39. The summed E-state index contributed by atoms with van der Waals surface area (Å²) < 4.78 is 5.27. The molecule has 102 valence electrons. The van der Waals surface area contributed by atoms with Crippen molar-refractivity contribution < 1.29 is 4.52 Å². The van der Waals surface area contributed by atoms with E-state index in [1.807, 2.05) is 43.3 Å². The van der Waals surface area contributed by atoms with Gasteiger partial charge in [0.15, 0.2) is 0 Å². The van der Waals surface area contributed by atoms with Crippen molar-refractivity contribution in [3.63, 3.8) is 0 Å². The smallest absolute Gasteiger partial charge is 0.149 e. The van der Waals surface area contributed by atoms with Crippen LogP contribution >= 0.6 is 11.6 Å². The minimum Gasteiger partial charge on any atom is -0.360 e. The van der Waals surface area contributed by atoms with Crippen molar-refractivity contribution in [3.05, 3.63) is 70.7 Å². The highest BCUT2D eigenvalue weighted by Crippen LogP contribution is 2.24. The van der Waals surface area contributed by atoms with E-state index < -0.39 is 0 Å². The lowest BCUT2D eigenvalue weighted by atomic mass is 10.1. The molecular formula is C17H11ClN2O. The van der Waals surface area contributed by atoms with Gasteiger partial charge in [-0.3, -0.25) is 0 Å². The third-order valence-electron chi connectivity index (χ3n) is 2.97. The fraction of sp³-hybridized carbons (Fsp3) is 0.0588. The third-order valence-corrected chi connectivity index (χ3v) is 3.18. The molecule has 4 heteroatoms. The lowest BCUT2D eigenvalue weighted by molar-refractivity contribution is 0.399. The molecule has 0 spiro atoms. The predicted octanol–water partition coefficient (Wildman–Crippen LogP) is 4.10. The molecule has 0 N–H and O–H groups in total. The van der Waals surface area contributed by atoms with Gasteiger partial charge in [-0.15, -0.1) is 0 Å². The Morgan fingerprint density at radius 3 is 2.67 bits per heavy atom. The Balaban J connectivity index is 2.03. The minimum atomic E-state index is 0.423. The highest BCUT2D eigenvalue weighted by atomic mass is 35.5. The summed E-state index contributed by atoms with van der Waals surface area (Å²) in [5, 5.41) is 4.52. The predicted molar refractivity (Wildman–Crippen MR) is 81.9 cm³/mol. The van der Waals surface area contributed by atoms with Crippen LogP contribution in [0.1, 0.15) is 16.9 Å². The molecule has 0 aliphatic carbocycles. The van der Waals surface area contributed by atoms with Crippen molar-refractivity contribution in [1.82, 2.24) is 10.1 Å². The summed E-state index contributed by atoms with van der Waals surface area (Å²) in [4.78, 5) is 3.93. The molecule has 21 heavy (non-hydrogen) atoms. The Bertz CT molecular complexity index is 829.